The number of aromatic nitrogens is 3. The van der Waals surface area contributed by atoms with E-state index in [9.17, 15) is 18.0 Å². The van der Waals surface area contributed by atoms with Crippen molar-refractivity contribution in [1.29, 1.82) is 0 Å². The number of carbonyl (C=O) groups is 1. The van der Waals surface area contributed by atoms with Crippen LogP contribution in [0.3, 0.4) is 0 Å². The van der Waals surface area contributed by atoms with E-state index in [1.807, 2.05) is 0 Å². The van der Waals surface area contributed by atoms with Crippen molar-refractivity contribution in [3.05, 3.63) is 11.6 Å². The maximum atomic E-state index is 12.4. The summed E-state index contributed by atoms with van der Waals surface area (Å²) in [5.41, 5.74) is 0. The van der Waals surface area contributed by atoms with E-state index < -0.39 is 18.1 Å². The van der Waals surface area contributed by atoms with Crippen molar-refractivity contribution in [2.75, 3.05) is 19.7 Å². The highest BCUT2D eigenvalue weighted by molar-refractivity contribution is 5.69. The van der Waals surface area contributed by atoms with E-state index >= 15 is 0 Å². The molecule has 6 nitrogen and oxygen atoms in total. The summed E-state index contributed by atoms with van der Waals surface area (Å²) in [4.78, 5) is 15.9. The van der Waals surface area contributed by atoms with Crippen molar-refractivity contribution in [2.24, 2.45) is 0 Å². The molecule has 0 bridgehead atoms. The molecule has 2 heterocycles. The molecular formula is C9H11F3N4O2. The fraction of sp³-hybridized carbons (Fsp3) is 0.667. The molecule has 0 N–H and O–H groups in total. The van der Waals surface area contributed by atoms with Crippen molar-refractivity contribution >= 4 is 6.09 Å². The van der Waals surface area contributed by atoms with Crippen LogP contribution in [0.2, 0.25) is 0 Å². The maximum Gasteiger partial charge on any atom is 0.453 e. The number of carbonyl (C=O) groups excluding carboxylic acids is 1. The zero-order chi connectivity index (χ0) is 13.3. The van der Waals surface area contributed by atoms with Gasteiger partial charge in [-0.25, -0.2) is 14.5 Å². The van der Waals surface area contributed by atoms with Crippen molar-refractivity contribution in [1.82, 2.24) is 19.7 Å². The van der Waals surface area contributed by atoms with Gasteiger partial charge in [0.05, 0.1) is 13.1 Å². The first-order valence-corrected chi connectivity index (χ1v) is 5.28. The van der Waals surface area contributed by atoms with E-state index in [2.05, 4.69) is 10.1 Å². The summed E-state index contributed by atoms with van der Waals surface area (Å²) in [7, 11) is 0. The van der Waals surface area contributed by atoms with Crippen LogP contribution >= 0.6 is 0 Å². The highest BCUT2D eigenvalue weighted by Gasteiger charge is 2.36. The number of hydrogen-bond acceptors (Lipinski definition) is 4. The molecule has 0 unspecified atom stereocenters. The van der Waals surface area contributed by atoms with Crippen LogP contribution in [0.5, 0.6) is 0 Å². The van der Waals surface area contributed by atoms with Gasteiger partial charge in [0.15, 0.2) is 0 Å². The molecule has 1 fully saturated rings. The number of rotatable bonds is 3. The highest BCUT2D eigenvalue weighted by Crippen LogP contribution is 2.26. The molecule has 0 aliphatic carbocycles. The van der Waals surface area contributed by atoms with Crippen LogP contribution in [-0.2, 0) is 17.5 Å². The van der Waals surface area contributed by atoms with E-state index in [0.29, 0.717) is 13.2 Å². The van der Waals surface area contributed by atoms with Crippen LogP contribution in [-0.4, -0.2) is 45.5 Å². The second kappa shape index (κ2) is 4.46. The Morgan fingerprint density at radius 2 is 2.11 bits per heavy atom. The van der Waals surface area contributed by atoms with Gasteiger partial charge in [-0.3, -0.25) is 0 Å². The van der Waals surface area contributed by atoms with Crippen molar-refractivity contribution in [3.63, 3.8) is 0 Å². The Balaban J connectivity index is 2.01. The SMILES string of the molecule is Cc1nc(C(F)(F)F)nn1CCN1CCOC1=O. The molecule has 1 aromatic rings. The van der Waals surface area contributed by atoms with E-state index in [0.717, 1.165) is 4.68 Å². The zero-order valence-corrected chi connectivity index (χ0v) is 9.57. The van der Waals surface area contributed by atoms with Crippen molar-refractivity contribution < 1.29 is 22.7 Å². The van der Waals surface area contributed by atoms with Crippen molar-refractivity contribution in [3.8, 4) is 0 Å². The second-order valence-corrected chi connectivity index (χ2v) is 3.80. The minimum absolute atomic E-state index is 0.157. The molecule has 1 aliphatic rings. The summed E-state index contributed by atoms with van der Waals surface area (Å²) in [6.45, 7) is 2.59. The van der Waals surface area contributed by atoms with Crippen LogP contribution in [0.25, 0.3) is 0 Å². The number of nitrogens with zero attached hydrogens (tertiary/aromatic N) is 4. The van der Waals surface area contributed by atoms with E-state index in [-0.39, 0.29) is 18.9 Å². The third-order valence-corrected chi connectivity index (χ3v) is 2.54. The topological polar surface area (TPSA) is 60.3 Å². The van der Waals surface area contributed by atoms with E-state index in [1.165, 1.54) is 11.8 Å². The first-order chi connectivity index (χ1) is 8.38. The summed E-state index contributed by atoms with van der Waals surface area (Å²) in [5, 5.41) is 3.37. The molecule has 9 heteroatoms. The molecule has 1 aliphatic heterocycles. The van der Waals surface area contributed by atoms with E-state index in [1.54, 1.807) is 0 Å². The maximum absolute atomic E-state index is 12.4. The van der Waals surface area contributed by atoms with Gasteiger partial charge < -0.3 is 9.64 Å². The molecule has 1 saturated heterocycles. The van der Waals surface area contributed by atoms with Crippen LogP contribution in [0.1, 0.15) is 11.6 Å². The van der Waals surface area contributed by atoms with Gasteiger partial charge >= 0.3 is 12.3 Å². The number of ether oxygens (including phenoxy) is 1. The third kappa shape index (κ3) is 2.54. The summed E-state index contributed by atoms with van der Waals surface area (Å²) in [6.07, 6.45) is -5.01. The number of aryl methyl sites for hydroxylation is 1. The largest absolute Gasteiger partial charge is 0.453 e. The quantitative estimate of drug-likeness (QED) is 0.819. The summed E-state index contributed by atoms with van der Waals surface area (Å²) in [5.74, 6) is -1.00. The Kier molecular flexibility index (Phi) is 3.14. The second-order valence-electron chi connectivity index (χ2n) is 3.80. The normalized spacial score (nSPS) is 16.2. The molecule has 0 atom stereocenters. The highest BCUT2D eigenvalue weighted by atomic mass is 19.4. The van der Waals surface area contributed by atoms with E-state index in [4.69, 9.17) is 4.74 Å². The number of halogens is 3. The summed E-state index contributed by atoms with van der Waals surface area (Å²) >= 11 is 0. The molecule has 0 spiro atoms. The van der Waals surface area contributed by atoms with Crippen molar-refractivity contribution in [2.45, 2.75) is 19.6 Å². The Morgan fingerprint density at radius 3 is 2.61 bits per heavy atom. The van der Waals surface area contributed by atoms with Gasteiger partial charge in [0.25, 0.3) is 5.82 Å². The smallest absolute Gasteiger partial charge is 0.448 e. The molecule has 1 aromatic heterocycles. The Labute approximate surface area is 100 Å². The van der Waals surface area contributed by atoms with Gasteiger partial charge in [0.2, 0.25) is 0 Å². The molecule has 0 radical (unpaired) electrons. The zero-order valence-electron chi connectivity index (χ0n) is 9.57. The van der Waals surface area contributed by atoms with Crippen LogP contribution in [0.4, 0.5) is 18.0 Å². The number of amides is 1. The molecule has 18 heavy (non-hydrogen) atoms. The first-order valence-electron chi connectivity index (χ1n) is 5.28. The predicted molar refractivity (Wildman–Crippen MR) is 52.7 cm³/mol. The summed E-state index contributed by atoms with van der Waals surface area (Å²) in [6, 6.07) is 0. The molecule has 100 valence electrons. The Bertz CT molecular complexity index is 457. The Hall–Kier alpha value is -1.80. The average Bonchev–Trinajstić information content (AvgIpc) is 2.82. The monoisotopic (exact) mass is 264 g/mol. The van der Waals surface area contributed by atoms with Crippen LogP contribution in [0.15, 0.2) is 0 Å². The van der Waals surface area contributed by atoms with Gasteiger partial charge in [0, 0.05) is 6.54 Å². The summed E-state index contributed by atoms with van der Waals surface area (Å²) < 4.78 is 42.9. The molecule has 1 amide bonds. The molecular weight excluding hydrogens is 253 g/mol. The van der Waals surface area contributed by atoms with Crippen LogP contribution in [0, 0.1) is 6.92 Å². The lowest BCUT2D eigenvalue weighted by molar-refractivity contribution is -0.145. The lowest BCUT2D eigenvalue weighted by Crippen LogP contribution is -2.28. The Morgan fingerprint density at radius 1 is 1.39 bits per heavy atom. The minimum Gasteiger partial charge on any atom is -0.448 e. The third-order valence-electron chi connectivity index (χ3n) is 2.54. The molecule has 0 aromatic carbocycles. The number of hydrogen-bond donors (Lipinski definition) is 0. The predicted octanol–water partition coefficient (Wildman–Crippen LogP) is 1.06. The minimum atomic E-state index is -4.55. The van der Waals surface area contributed by atoms with Gasteiger partial charge in [-0.2, -0.15) is 13.2 Å². The fourth-order valence-corrected chi connectivity index (χ4v) is 1.60. The van der Waals surface area contributed by atoms with Gasteiger partial charge in [0.1, 0.15) is 12.4 Å². The lowest BCUT2D eigenvalue weighted by Gasteiger charge is -2.12. The lowest BCUT2D eigenvalue weighted by atomic mass is 10.5. The standard InChI is InChI=1S/C9H11F3N4O2/c1-6-13-7(9(10,11)12)14-16(6)3-2-15-4-5-18-8(15)17/h2-5H2,1H3. The number of cyclic esters (lactones) is 1. The van der Waals surface area contributed by atoms with Gasteiger partial charge in [-0.1, -0.05) is 0 Å². The average molecular weight is 264 g/mol. The number of alkyl halides is 3. The molecule has 0 saturated carbocycles. The van der Waals surface area contributed by atoms with Crippen LogP contribution < -0.4 is 0 Å². The van der Waals surface area contributed by atoms with Gasteiger partial charge in [-0.05, 0) is 6.92 Å². The fourth-order valence-electron chi connectivity index (χ4n) is 1.60. The molecule has 2 rings (SSSR count). The van der Waals surface area contributed by atoms with Gasteiger partial charge in [-0.15, -0.1) is 5.10 Å². The first kappa shape index (κ1) is 12.7.